The van der Waals surface area contributed by atoms with Crippen LogP contribution in [-0.4, -0.2) is 0 Å². The quantitative estimate of drug-likeness (QED) is 0.586. The molecule has 0 N–H and O–H groups in total. The van der Waals surface area contributed by atoms with E-state index in [1.54, 1.807) is 0 Å². The van der Waals surface area contributed by atoms with Crippen LogP contribution in [0.2, 0.25) is 0 Å². The molecule has 0 amide bonds. The molecule has 1 aromatic carbocycles. The van der Waals surface area contributed by atoms with Gasteiger partial charge < -0.3 is 0 Å². The molecule has 0 bridgehead atoms. The predicted molar refractivity (Wildman–Crippen MR) is 52.9 cm³/mol. The van der Waals surface area contributed by atoms with E-state index in [0.29, 0.717) is 6.04 Å². The summed E-state index contributed by atoms with van der Waals surface area (Å²) in [5.41, 5.74) is 2.50. The summed E-state index contributed by atoms with van der Waals surface area (Å²) in [7, 11) is 0. The summed E-state index contributed by atoms with van der Waals surface area (Å²) in [4.78, 5) is 0. The molecule has 1 aliphatic carbocycles. The lowest BCUT2D eigenvalue weighted by atomic mass is 9.94. The summed E-state index contributed by atoms with van der Waals surface area (Å²) in [5, 5.41) is 0. The van der Waals surface area contributed by atoms with Crippen LogP contribution in [-0.2, 0) is 0 Å². The van der Waals surface area contributed by atoms with Crippen molar-refractivity contribution in [1.29, 1.82) is 0 Å². The molecule has 0 spiro atoms. The number of hydrogen-bond donors (Lipinski definition) is 0. The van der Waals surface area contributed by atoms with Crippen LogP contribution in [0.4, 0.5) is 0 Å². The van der Waals surface area contributed by atoms with E-state index < -0.39 is 0 Å². The standard InChI is InChI=1S/C12H14/c1-3-7-11(8-4-1)12-9-5-2-6-10-12/h1,3-4,7-9H,2,5-6,10H2/i7D. The Morgan fingerprint density at radius 1 is 1.17 bits per heavy atom. The number of allylic oxidation sites excluding steroid dienone is 2. The predicted octanol–water partition coefficient (Wildman–Crippen LogP) is 3.64. The highest BCUT2D eigenvalue weighted by molar-refractivity contribution is 5.65. The Bertz CT molecular complexity index is 326. The van der Waals surface area contributed by atoms with Gasteiger partial charge in [0, 0.05) is 0 Å². The third kappa shape index (κ3) is 1.58. The van der Waals surface area contributed by atoms with Gasteiger partial charge in [-0.15, -0.1) is 0 Å². The molecular weight excluding hydrogens is 144 g/mol. The lowest BCUT2D eigenvalue weighted by molar-refractivity contribution is 0.742. The average molecular weight is 159 g/mol. The maximum Gasteiger partial charge on any atom is 0.0629 e. The molecule has 2 rings (SSSR count). The summed E-state index contributed by atoms with van der Waals surface area (Å²) in [6, 6.07) is 8.53. The Labute approximate surface area is 75.3 Å². The van der Waals surface area contributed by atoms with Gasteiger partial charge in [0.2, 0.25) is 0 Å². The lowest BCUT2D eigenvalue weighted by Gasteiger charge is -2.12. The molecular formula is C12H14. The van der Waals surface area contributed by atoms with Crippen LogP contribution in [0.15, 0.2) is 36.4 Å². The Kier molecular flexibility index (Phi) is 1.93. The van der Waals surface area contributed by atoms with Crippen LogP contribution in [0.3, 0.4) is 0 Å². The summed E-state index contributed by atoms with van der Waals surface area (Å²) in [6.45, 7) is 0. The fourth-order valence-corrected chi connectivity index (χ4v) is 1.68. The molecule has 0 radical (unpaired) electrons. The van der Waals surface area contributed by atoms with Crippen molar-refractivity contribution in [2.45, 2.75) is 25.7 Å². The normalized spacial score (nSPS) is 18.3. The molecule has 1 aromatic rings. The molecule has 0 heterocycles. The molecule has 0 nitrogen and oxygen atoms in total. The molecule has 0 fully saturated rings. The van der Waals surface area contributed by atoms with E-state index in [9.17, 15) is 0 Å². The van der Waals surface area contributed by atoms with Crippen LogP contribution < -0.4 is 0 Å². The van der Waals surface area contributed by atoms with E-state index in [-0.39, 0.29) is 0 Å². The summed E-state index contributed by atoms with van der Waals surface area (Å²) in [6.07, 6.45) is 7.21. The van der Waals surface area contributed by atoms with E-state index in [0.717, 1.165) is 12.0 Å². The van der Waals surface area contributed by atoms with Gasteiger partial charge in [0.05, 0.1) is 1.37 Å². The molecule has 0 unspecified atom stereocenters. The van der Waals surface area contributed by atoms with Crippen molar-refractivity contribution in [3.05, 3.63) is 41.9 Å². The lowest BCUT2D eigenvalue weighted by Crippen LogP contribution is -1.90. The Morgan fingerprint density at radius 3 is 2.92 bits per heavy atom. The third-order valence-corrected chi connectivity index (χ3v) is 2.35. The first-order chi connectivity index (χ1) is 6.38. The minimum absolute atomic E-state index is 0.663. The molecule has 0 saturated heterocycles. The van der Waals surface area contributed by atoms with Crippen molar-refractivity contribution >= 4 is 5.57 Å². The Balaban J connectivity index is 2.34. The SMILES string of the molecule is [2H]c1ccccc1C1=CCCCC1. The van der Waals surface area contributed by atoms with E-state index in [2.05, 4.69) is 12.1 Å². The highest BCUT2D eigenvalue weighted by Crippen LogP contribution is 2.25. The van der Waals surface area contributed by atoms with Crippen LogP contribution in [0, 0.1) is 0 Å². The molecule has 62 valence electrons. The van der Waals surface area contributed by atoms with Crippen molar-refractivity contribution in [3.8, 4) is 0 Å². The third-order valence-electron chi connectivity index (χ3n) is 2.35. The van der Waals surface area contributed by atoms with Crippen LogP contribution in [0.25, 0.3) is 5.57 Å². The van der Waals surface area contributed by atoms with Gasteiger partial charge >= 0.3 is 0 Å². The van der Waals surface area contributed by atoms with Crippen LogP contribution >= 0.6 is 0 Å². The first-order valence-electron chi connectivity index (χ1n) is 5.13. The monoisotopic (exact) mass is 159 g/mol. The largest absolute Gasteiger partial charge is 0.0807 e. The van der Waals surface area contributed by atoms with Gasteiger partial charge in [0.25, 0.3) is 0 Å². The highest BCUT2D eigenvalue weighted by atomic mass is 14.1. The topological polar surface area (TPSA) is 0 Å². The summed E-state index contributed by atoms with van der Waals surface area (Å²) < 4.78 is 7.77. The molecule has 0 saturated carbocycles. The van der Waals surface area contributed by atoms with Gasteiger partial charge in [-0.1, -0.05) is 36.4 Å². The summed E-state index contributed by atoms with van der Waals surface area (Å²) in [5.74, 6) is 0. The number of rotatable bonds is 1. The zero-order valence-corrected chi connectivity index (χ0v) is 7.22. The maximum absolute atomic E-state index is 7.77. The van der Waals surface area contributed by atoms with Crippen molar-refractivity contribution in [3.63, 3.8) is 0 Å². The van der Waals surface area contributed by atoms with Crippen LogP contribution in [0.1, 0.15) is 32.6 Å². The van der Waals surface area contributed by atoms with Crippen molar-refractivity contribution < 1.29 is 1.37 Å². The molecule has 0 heteroatoms. The Morgan fingerprint density at radius 2 is 2.17 bits per heavy atom. The van der Waals surface area contributed by atoms with E-state index in [1.807, 2.05) is 18.2 Å². The van der Waals surface area contributed by atoms with E-state index in [4.69, 9.17) is 1.37 Å². The second-order valence-corrected chi connectivity index (χ2v) is 3.25. The number of benzene rings is 1. The van der Waals surface area contributed by atoms with E-state index >= 15 is 0 Å². The first-order valence-corrected chi connectivity index (χ1v) is 4.63. The Hall–Kier alpha value is -1.04. The molecule has 0 aromatic heterocycles. The molecule has 12 heavy (non-hydrogen) atoms. The molecule has 0 aliphatic heterocycles. The first kappa shape index (κ1) is 6.47. The zero-order valence-electron chi connectivity index (χ0n) is 8.22. The minimum Gasteiger partial charge on any atom is -0.0807 e. The van der Waals surface area contributed by atoms with Gasteiger partial charge in [0.15, 0.2) is 0 Å². The zero-order chi connectivity index (χ0) is 9.10. The van der Waals surface area contributed by atoms with Gasteiger partial charge in [-0.25, -0.2) is 0 Å². The second-order valence-electron chi connectivity index (χ2n) is 3.25. The molecule has 0 atom stereocenters. The second kappa shape index (κ2) is 3.57. The average Bonchev–Trinajstić information content (AvgIpc) is 2.20. The van der Waals surface area contributed by atoms with Gasteiger partial charge in [0.1, 0.15) is 0 Å². The summed E-state index contributed by atoms with van der Waals surface area (Å²) >= 11 is 0. The number of hydrogen-bond acceptors (Lipinski definition) is 0. The van der Waals surface area contributed by atoms with Gasteiger partial charge in [-0.3, -0.25) is 0 Å². The van der Waals surface area contributed by atoms with Crippen LogP contribution in [0.5, 0.6) is 0 Å². The smallest absolute Gasteiger partial charge is 0.0629 e. The fraction of sp³-hybridized carbons (Fsp3) is 0.333. The maximum atomic E-state index is 7.77. The van der Waals surface area contributed by atoms with Crippen molar-refractivity contribution in [2.24, 2.45) is 0 Å². The van der Waals surface area contributed by atoms with Crippen molar-refractivity contribution in [1.82, 2.24) is 0 Å². The minimum atomic E-state index is 0.663. The van der Waals surface area contributed by atoms with E-state index in [1.165, 1.54) is 24.8 Å². The van der Waals surface area contributed by atoms with Gasteiger partial charge in [-0.05, 0) is 36.8 Å². The van der Waals surface area contributed by atoms with Crippen molar-refractivity contribution in [2.75, 3.05) is 0 Å². The highest BCUT2D eigenvalue weighted by Gasteiger charge is 2.04. The van der Waals surface area contributed by atoms with Gasteiger partial charge in [-0.2, -0.15) is 0 Å². The molecule has 1 aliphatic rings. The fourth-order valence-electron chi connectivity index (χ4n) is 1.68.